The highest BCUT2D eigenvalue weighted by Crippen LogP contribution is 2.28. The van der Waals surface area contributed by atoms with E-state index in [-0.39, 0.29) is 0 Å². The van der Waals surface area contributed by atoms with Gasteiger partial charge in [0.15, 0.2) is 0 Å². The molecule has 3 N–H and O–H groups in total. The van der Waals surface area contributed by atoms with E-state index >= 15 is 0 Å². The van der Waals surface area contributed by atoms with Crippen LogP contribution in [-0.4, -0.2) is 6.61 Å². The quantitative estimate of drug-likeness (QED) is 0.776. The Morgan fingerprint density at radius 2 is 1.95 bits per heavy atom. The van der Waals surface area contributed by atoms with E-state index in [4.69, 9.17) is 10.5 Å². The summed E-state index contributed by atoms with van der Waals surface area (Å²) in [5.74, 6) is 0.783. The van der Waals surface area contributed by atoms with Crippen molar-refractivity contribution in [3.63, 3.8) is 0 Å². The summed E-state index contributed by atoms with van der Waals surface area (Å²) >= 11 is 3.50. The monoisotopic (exact) mass is 334 g/mol. The van der Waals surface area contributed by atoms with Crippen molar-refractivity contribution in [2.75, 3.05) is 17.7 Å². The zero-order valence-corrected chi connectivity index (χ0v) is 13.3. The summed E-state index contributed by atoms with van der Waals surface area (Å²) in [6, 6.07) is 11.9. The predicted octanol–water partition coefficient (Wildman–Crippen LogP) is 4.74. The summed E-state index contributed by atoms with van der Waals surface area (Å²) in [5, 5.41) is 3.41. The molecule has 3 nitrogen and oxygen atoms in total. The van der Waals surface area contributed by atoms with Gasteiger partial charge in [0, 0.05) is 33.7 Å². The summed E-state index contributed by atoms with van der Waals surface area (Å²) < 4.78 is 6.60. The molecule has 0 aliphatic carbocycles. The lowest BCUT2D eigenvalue weighted by Crippen LogP contribution is -1.98. The fourth-order valence-electron chi connectivity index (χ4n) is 2.08. The molecule has 0 fully saturated rings. The Balaban J connectivity index is 2.29. The van der Waals surface area contributed by atoms with Crippen molar-refractivity contribution in [2.45, 2.75) is 20.3 Å². The molecule has 2 rings (SSSR count). The summed E-state index contributed by atoms with van der Waals surface area (Å²) in [5.41, 5.74) is 9.87. The standard InChI is InChI=1S/C16H19BrN2O/c1-3-11-7-12(17)5-6-16(11)19-14-8-13(18)9-15(10-14)20-4-2/h5-10,19H,3-4,18H2,1-2H3. The van der Waals surface area contributed by atoms with Crippen molar-refractivity contribution < 1.29 is 4.74 Å². The molecular weight excluding hydrogens is 316 g/mol. The number of halogens is 1. The molecule has 2 aromatic carbocycles. The van der Waals surface area contributed by atoms with Gasteiger partial charge in [-0.15, -0.1) is 0 Å². The number of nitrogens with two attached hydrogens (primary N) is 1. The summed E-state index contributed by atoms with van der Waals surface area (Å²) in [6.07, 6.45) is 0.961. The highest BCUT2D eigenvalue weighted by Gasteiger charge is 2.04. The number of nitrogen functional groups attached to an aromatic ring is 1. The molecule has 20 heavy (non-hydrogen) atoms. The molecule has 2 aromatic rings. The minimum absolute atomic E-state index is 0.626. The number of hydrogen-bond acceptors (Lipinski definition) is 3. The number of rotatable bonds is 5. The molecule has 0 aliphatic rings. The summed E-state index contributed by atoms with van der Waals surface area (Å²) in [6.45, 7) is 4.72. The second-order valence-corrected chi connectivity index (χ2v) is 5.42. The Morgan fingerprint density at radius 1 is 1.15 bits per heavy atom. The molecule has 0 heterocycles. The van der Waals surface area contributed by atoms with E-state index in [1.54, 1.807) is 0 Å². The van der Waals surface area contributed by atoms with E-state index in [0.717, 1.165) is 28.0 Å². The third-order valence-electron chi connectivity index (χ3n) is 2.97. The van der Waals surface area contributed by atoms with E-state index in [0.29, 0.717) is 12.3 Å². The van der Waals surface area contributed by atoms with Crippen LogP contribution in [0.15, 0.2) is 40.9 Å². The number of nitrogens with one attached hydrogen (secondary N) is 1. The third-order valence-corrected chi connectivity index (χ3v) is 3.46. The van der Waals surface area contributed by atoms with Crippen LogP contribution in [0.3, 0.4) is 0 Å². The van der Waals surface area contributed by atoms with Crippen molar-refractivity contribution in [1.29, 1.82) is 0 Å². The first kappa shape index (κ1) is 14.7. The summed E-state index contributed by atoms with van der Waals surface area (Å²) in [4.78, 5) is 0. The van der Waals surface area contributed by atoms with Crippen LogP contribution in [0, 0.1) is 0 Å². The van der Waals surface area contributed by atoms with Crippen molar-refractivity contribution >= 4 is 33.0 Å². The van der Waals surface area contributed by atoms with Gasteiger partial charge in [-0.3, -0.25) is 0 Å². The fraction of sp³-hybridized carbons (Fsp3) is 0.250. The van der Waals surface area contributed by atoms with Gasteiger partial charge >= 0.3 is 0 Å². The van der Waals surface area contributed by atoms with Crippen LogP contribution in [0.4, 0.5) is 17.1 Å². The van der Waals surface area contributed by atoms with Crippen molar-refractivity contribution in [2.24, 2.45) is 0 Å². The molecule has 0 saturated heterocycles. The van der Waals surface area contributed by atoms with E-state index in [1.165, 1.54) is 5.56 Å². The van der Waals surface area contributed by atoms with Crippen LogP contribution >= 0.6 is 15.9 Å². The SMILES string of the molecule is CCOc1cc(N)cc(Nc2ccc(Br)cc2CC)c1. The molecule has 0 amide bonds. The molecular formula is C16H19BrN2O. The Kier molecular flexibility index (Phi) is 4.90. The molecule has 0 atom stereocenters. The molecule has 0 aromatic heterocycles. The van der Waals surface area contributed by atoms with Gasteiger partial charge in [-0.2, -0.15) is 0 Å². The van der Waals surface area contributed by atoms with Gasteiger partial charge in [-0.25, -0.2) is 0 Å². The van der Waals surface area contributed by atoms with Crippen LogP contribution in [0.5, 0.6) is 5.75 Å². The van der Waals surface area contributed by atoms with Gasteiger partial charge in [0.05, 0.1) is 6.61 Å². The topological polar surface area (TPSA) is 47.3 Å². The van der Waals surface area contributed by atoms with E-state index < -0.39 is 0 Å². The normalized spacial score (nSPS) is 10.3. The lowest BCUT2D eigenvalue weighted by molar-refractivity contribution is 0.340. The summed E-state index contributed by atoms with van der Waals surface area (Å²) in [7, 11) is 0. The molecule has 106 valence electrons. The lowest BCUT2D eigenvalue weighted by Gasteiger charge is -2.13. The third kappa shape index (κ3) is 3.67. The maximum Gasteiger partial charge on any atom is 0.123 e. The first-order valence-electron chi connectivity index (χ1n) is 6.71. The number of anilines is 3. The van der Waals surface area contributed by atoms with Crippen LogP contribution in [-0.2, 0) is 6.42 Å². The van der Waals surface area contributed by atoms with Gasteiger partial charge in [0.1, 0.15) is 5.75 Å². The van der Waals surface area contributed by atoms with E-state index in [1.807, 2.05) is 31.2 Å². The highest BCUT2D eigenvalue weighted by atomic mass is 79.9. The number of hydrogen-bond donors (Lipinski definition) is 2. The fourth-order valence-corrected chi connectivity index (χ4v) is 2.49. The Morgan fingerprint density at radius 3 is 2.65 bits per heavy atom. The van der Waals surface area contributed by atoms with Crippen LogP contribution in [0.1, 0.15) is 19.4 Å². The van der Waals surface area contributed by atoms with Gasteiger partial charge in [0.2, 0.25) is 0 Å². The van der Waals surface area contributed by atoms with Gasteiger partial charge in [-0.1, -0.05) is 22.9 Å². The average molecular weight is 335 g/mol. The highest BCUT2D eigenvalue weighted by molar-refractivity contribution is 9.10. The van der Waals surface area contributed by atoms with Gasteiger partial charge in [-0.05, 0) is 43.2 Å². The van der Waals surface area contributed by atoms with E-state index in [2.05, 4.69) is 40.3 Å². The minimum atomic E-state index is 0.626. The average Bonchev–Trinajstić information content (AvgIpc) is 2.40. The Hall–Kier alpha value is -1.68. The zero-order chi connectivity index (χ0) is 14.5. The minimum Gasteiger partial charge on any atom is -0.494 e. The smallest absolute Gasteiger partial charge is 0.123 e. The number of aryl methyl sites for hydroxylation is 1. The molecule has 0 bridgehead atoms. The second-order valence-electron chi connectivity index (χ2n) is 4.50. The largest absolute Gasteiger partial charge is 0.494 e. The predicted molar refractivity (Wildman–Crippen MR) is 88.8 cm³/mol. The number of benzene rings is 2. The molecule has 0 radical (unpaired) electrons. The maximum atomic E-state index is 5.91. The van der Waals surface area contributed by atoms with Crippen molar-refractivity contribution in [3.05, 3.63) is 46.4 Å². The van der Waals surface area contributed by atoms with Crippen LogP contribution < -0.4 is 15.8 Å². The van der Waals surface area contributed by atoms with E-state index in [9.17, 15) is 0 Å². The number of ether oxygens (including phenoxy) is 1. The van der Waals surface area contributed by atoms with Crippen LogP contribution in [0.2, 0.25) is 0 Å². The Bertz CT molecular complexity index is 599. The first-order chi connectivity index (χ1) is 9.62. The van der Waals surface area contributed by atoms with Crippen molar-refractivity contribution in [1.82, 2.24) is 0 Å². The molecule has 0 saturated carbocycles. The second kappa shape index (κ2) is 6.66. The molecule has 4 heteroatoms. The lowest BCUT2D eigenvalue weighted by atomic mass is 10.1. The first-order valence-corrected chi connectivity index (χ1v) is 7.50. The zero-order valence-electron chi connectivity index (χ0n) is 11.7. The molecule has 0 aliphatic heterocycles. The molecule has 0 unspecified atom stereocenters. The molecule has 0 spiro atoms. The van der Waals surface area contributed by atoms with Crippen LogP contribution in [0.25, 0.3) is 0 Å². The van der Waals surface area contributed by atoms with Gasteiger partial charge in [0.25, 0.3) is 0 Å². The maximum absolute atomic E-state index is 5.91. The Labute approximate surface area is 128 Å². The van der Waals surface area contributed by atoms with Crippen molar-refractivity contribution in [3.8, 4) is 5.75 Å². The van der Waals surface area contributed by atoms with Gasteiger partial charge < -0.3 is 15.8 Å².